The lowest BCUT2D eigenvalue weighted by molar-refractivity contribution is -0.123. The van der Waals surface area contributed by atoms with Gasteiger partial charge in [0.15, 0.2) is 0 Å². The quantitative estimate of drug-likeness (QED) is 0.471. The van der Waals surface area contributed by atoms with Gasteiger partial charge in [-0.1, -0.05) is 6.92 Å². The van der Waals surface area contributed by atoms with E-state index in [1.807, 2.05) is 0 Å². The maximum Gasteiger partial charge on any atom is 0.290 e. The molecule has 6 heteroatoms. The SMILES string of the molecule is CC(CN)CCCN.O=CO.O=CO. The normalized spacial score (nSPS) is 9.64. The molecule has 0 radical (unpaired) electrons. The number of carbonyl (C=O) groups is 2. The summed E-state index contributed by atoms with van der Waals surface area (Å²) >= 11 is 0. The van der Waals surface area contributed by atoms with E-state index in [1.165, 1.54) is 6.42 Å². The molecule has 0 aliphatic heterocycles. The van der Waals surface area contributed by atoms with Crippen LogP contribution in [0.3, 0.4) is 0 Å². The third kappa shape index (κ3) is 44.7. The third-order valence-electron chi connectivity index (χ3n) is 1.30. The first kappa shape index (κ1) is 18.6. The standard InChI is InChI=1S/C6H16N2.2CH2O2/c1-6(5-8)3-2-4-7;2*2-1-3/h6H,2-5,7-8H2,1H3;2*1H,(H,2,3). The molecule has 86 valence electrons. The number of hydrogen-bond donors (Lipinski definition) is 4. The van der Waals surface area contributed by atoms with Gasteiger partial charge in [0.2, 0.25) is 0 Å². The van der Waals surface area contributed by atoms with E-state index in [4.69, 9.17) is 31.3 Å². The minimum absolute atomic E-state index is 0.250. The zero-order chi connectivity index (χ0) is 11.8. The van der Waals surface area contributed by atoms with Crippen LogP contribution in [0, 0.1) is 5.92 Å². The van der Waals surface area contributed by atoms with E-state index < -0.39 is 0 Å². The second-order valence-corrected chi connectivity index (χ2v) is 2.48. The number of nitrogens with two attached hydrogens (primary N) is 2. The van der Waals surface area contributed by atoms with Crippen molar-refractivity contribution in [2.24, 2.45) is 17.4 Å². The van der Waals surface area contributed by atoms with Crippen molar-refractivity contribution in [3.05, 3.63) is 0 Å². The summed E-state index contributed by atoms with van der Waals surface area (Å²) in [6.45, 7) is 3.24. The molecule has 0 saturated heterocycles. The summed E-state index contributed by atoms with van der Waals surface area (Å²) in [5.41, 5.74) is 10.7. The Kier molecular flexibility index (Phi) is 30.1. The molecular weight excluding hydrogens is 188 g/mol. The van der Waals surface area contributed by atoms with Crippen LogP contribution >= 0.6 is 0 Å². The fourth-order valence-electron chi connectivity index (χ4n) is 0.584. The maximum absolute atomic E-state index is 8.36. The van der Waals surface area contributed by atoms with Crippen molar-refractivity contribution in [1.29, 1.82) is 0 Å². The van der Waals surface area contributed by atoms with Crippen LogP contribution in [0.1, 0.15) is 19.8 Å². The van der Waals surface area contributed by atoms with E-state index in [0.717, 1.165) is 19.5 Å². The topological polar surface area (TPSA) is 127 Å². The Balaban J connectivity index is -0.000000168. The number of carboxylic acid groups (broad SMARTS) is 2. The van der Waals surface area contributed by atoms with Gasteiger partial charge in [0.25, 0.3) is 12.9 Å². The highest BCUT2D eigenvalue weighted by Gasteiger charge is 1.95. The van der Waals surface area contributed by atoms with Crippen molar-refractivity contribution in [3.8, 4) is 0 Å². The summed E-state index contributed by atoms with van der Waals surface area (Å²) in [5.74, 6) is 0.651. The van der Waals surface area contributed by atoms with Crippen molar-refractivity contribution in [2.45, 2.75) is 19.8 Å². The summed E-state index contributed by atoms with van der Waals surface area (Å²) < 4.78 is 0. The first-order valence-corrected chi connectivity index (χ1v) is 4.20. The van der Waals surface area contributed by atoms with Gasteiger partial charge in [-0.15, -0.1) is 0 Å². The molecule has 0 aliphatic carbocycles. The fourth-order valence-corrected chi connectivity index (χ4v) is 0.584. The molecule has 1 atom stereocenters. The van der Waals surface area contributed by atoms with Crippen molar-refractivity contribution in [2.75, 3.05) is 13.1 Å². The van der Waals surface area contributed by atoms with Crippen molar-refractivity contribution < 1.29 is 19.8 Å². The smallest absolute Gasteiger partial charge is 0.290 e. The van der Waals surface area contributed by atoms with Gasteiger partial charge in [-0.05, 0) is 31.8 Å². The Morgan fingerprint density at radius 1 is 1.21 bits per heavy atom. The predicted molar refractivity (Wildman–Crippen MR) is 53.9 cm³/mol. The molecule has 6 N–H and O–H groups in total. The van der Waals surface area contributed by atoms with Gasteiger partial charge in [0, 0.05) is 0 Å². The molecule has 0 aromatic rings. The average Bonchev–Trinajstić information content (AvgIpc) is 2.16. The zero-order valence-corrected chi connectivity index (χ0v) is 8.43. The Hall–Kier alpha value is -1.14. The first-order valence-electron chi connectivity index (χ1n) is 4.20. The molecule has 0 spiro atoms. The lowest BCUT2D eigenvalue weighted by atomic mass is 10.1. The molecule has 0 aromatic heterocycles. The molecule has 0 aliphatic rings. The average molecular weight is 208 g/mol. The third-order valence-corrected chi connectivity index (χ3v) is 1.30. The van der Waals surface area contributed by atoms with Crippen LogP contribution < -0.4 is 11.5 Å². The van der Waals surface area contributed by atoms with Crippen LogP contribution in [-0.4, -0.2) is 36.2 Å². The van der Waals surface area contributed by atoms with Crippen molar-refractivity contribution in [1.82, 2.24) is 0 Å². The molecule has 14 heavy (non-hydrogen) atoms. The lowest BCUT2D eigenvalue weighted by Gasteiger charge is -2.04. The van der Waals surface area contributed by atoms with Gasteiger partial charge >= 0.3 is 0 Å². The van der Waals surface area contributed by atoms with Gasteiger partial charge in [0.05, 0.1) is 0 Å². The molecule has 0 rings (SSSR count). The van der Waals surface area contributed by atoms with Crippen molar-refractivity contribution in [3.63, 3.8) is 0 Å². The summed E-state index contributed by atoms with van der Waals surface area (Å²) in [6.07, 6.45) is 2.28. The number of rotatable bonds is 4. The van der Waals surface area contributed by atoms with Crippen LogP contribution in [-0.2, 0) is 9.59 Å². The number of hydrogen-bond acceptors (Lipinski definition) is 4. The van der Waals surface area contributed by atoms with Gasteiger partial charge in [-0.25, -0.2) is 0 Å². The van der Waals surface area contributed by atoms with Crippen LogP contribution in [0.25, 0.3) is 0 Å². The van der Waals surface area contributed by atoms with Gasteiger partial charge in [0.1, 0.15) is 0 Å². The molecule has 0 saturated carbocycles. The predicted octanol–water partition coefficient (Wildman–Crippen LogP) is -0.278. The zero-order valence-electron chi connectivity index (χ0n) is 8.43. The van der Waals surface area contributed by atoms with E-state index >= 15 is 0 Å². The van der Waals surface area contributed by atoms with E-state index in [9.17, 15) is 0 Å². The minimum atomic E-state index is -0.250. The highest BCUT2D eigenvalue weighted by Crippen LogP contribution is 2.00. The molecule has 0 aromatic carbocycles. The largest absolute Gasteiger partial charge is 0.483 e. The molecule has 6 nitrogen and oxygen atoms in total. The molecular formula is C8H20N2O4. The molecule has 0 bridgehead atoms. The fraction of sp³-hybridized carbons (Fsp3) is 0.750. The summed E-state index contributed by atoms with van der Waals surface area (Å²) in [4.78, 5) is 16.7. The summed E-state index contributed by atoms with van der Waals surface area (Å²) in [6, 6.07) is 0. The second kappa shape index (κ2) is 22.6. The molecule has 0 heterocycles. The highest BCUT2D eigenvalue weighted by atomic mass is 16.3. The monoisotopic (exact) mass is 208 g/mol. The van der Waals surface area contributed by atoms with E-state index in [0.29, 0.717) is 5.92 Å². The molecule has 0 fully saturated rings. The molecule has 0 amide bonds. The lowest BCUT2D eigenvalue weighted by Crippen LogP contribution is -2.12. The Bertz CT molecular complexity index is 106. The Morgan fingerprint density at radius 3 is 1.79 bits per heavy atom. The summed E-state index contributed by atoms with van der Waals surface area (Å²) in [5, 5.41) is 13.8. The van der Waals surface area contributed by atoms with Gasteiger partial charge in [-0.3, -0.25) is 9.59 Å². The maximum atomic E-state index is 8.36. The van der Waals surface area contributed by atoms with E-state index in [-0.39, 0.29) is 12.9 Å². The van der Waals surface area contributed by atoms with Crippen molar-refractivity contribution >= 4 is 12.9 Å². The first-order chi connectivity index (χ1) is 6.64. The molecule has 1 unspecified atom stereocenters. The highest BCUT2D eigenvalue weighted by molar-refractivity contribution is 5.32. The van der Waals surface area contributed by atoms with Crippen LogP contribution in [0.4, 0.5) is 0 Å². The van der Waals surface area contributed by atoms with E-state index in [2.05, 4.69) is 6.92 Å². The Labute approximate surface area is 83.9 Å². The van der Waals surface area contributed by atoms with E-state index in [1.54, 1.807) is 0 Å². The van der Waals surface area contributed by atoms with Crippen LogP contribution in [0.5, 0.6) is 0 Å². The van der Waals surface area contributed by atoms with Gasteiger partial charge in [-0.2, -0.15) is 0 Å². The minimum Gasteiger partial charge on any atom is -0.483 e. The van der Waals surface area contributed by atoms with Crippen LogP contribution in [0.2, 0.25) is 0 Å². The Morgan fingerprint density at radius 2 is 1.57 bits per heavy atom. The van der Waals surface area contributed by atoms with Crippen LogP contribution in [0.15, 0.2) is 0 Å². The summed E-state index contributed by atoms with van der Waals surface area (Å²) in [7, 11) is 0. The second-order valence-electron chi connectivity index (χ2n) is 2.48. The van der Waals surface area contributed by atoms with Gasteiger partial charge < -0.3 is 21.7 Å².